The first-order chi connectivity index (χ1) is 9.22. The number of nitrogens with one attached hydrogen (secondary N) is 1. The zero-order valence-electron chi connectivity index (χ0n) is 11.1. The Kier molecular flexibility index (Phi) is 4.18. The fourth-order valence-electron chi connectivity index (χ4n) is 1.66. The van der Waals surface area contributed by atoms with Crippen LogP contribution in [0.2, 0.25) is 0 Å². The van der Waals surface area contributed by atoms with Crippen LogP contribution in [0.25, 0.3) is 0 Å². The van der Waals surface area contributed by atoms with Crippen molar-refractivity contribution in [2.75, 3.05) is 11.9 Å². The van der Waals surface area contributed by atoms with Gasteiger partial charge in [-0.05, 0) is 38.1 Å². The van der Waals surface area contributed by atoms with Crippen molar-refractivity contribution in [3.63, 3.8) is 0 Å². The van der Waals surface area contributed by atoms with E-state index in [1.165, 1.54) is 0 Å². The fourth-order valence-corrected chi connectivity index (χ4v) is 1.66. The van der Waals surface area contributed by atoms with Gasteiger partial charge >= 0.3 is 0 Å². The molecular weight excluding hydrogens is 242 g/mol. The number of ether oxygens (including phenoxy) is 1. The van der Waals surface area contributed by atoms with Crippen molar-refractivity contribution >= 4 is 11.7 Å². The number of hydrogen-bond acceptors (Lipinski definition) is 3. The first kappa shape index (κ1) is 13.1. The number of aromatic nitrogens is 2. The van der Waals surface area contributed by atoms with Gasteiger partial charge < -0.3 is 10.1 Å². The molecule has 0 saturated heterocycles. The summed E-state index contributed by atoms with van der Waals surface area (Å²) >= 11 is 0. The Morgan fingerprint density at radius 1 is 1.26 bits per heavy atom. The van der Waals surface area contributed by atoms with E-state index in [0.717, 1.165) is 12.3 Å². The van der Waals surface area contributed by atoms with Gasteiger partial charge in [-0.3, -0.25) is 9.48 Å². The van der Waals surface area contributed by atoms with E-state index in [1.54, 1.807) is 35.0 Å². The van der Waals surface area contributed by atoms with Crippen LogP contribution < -0.4 is 10.1 Å². The molecule has 0 unspecified atom stereocenters. The summed E-state index contributed by atoms with van der Waals surface area (Å²) in [7, 11) is 0. The number of rotatable bonds is 5. The number of carbonyl (C=O) groups excluding carboxylic acids is 1. The predicted octanol–water partition coefficient (Wildman–Crippen LogP) is 2.55. The first-order valence-electron chi connectivity index (χ1n) is 6.30. The van der Waals surface area contributed by atoms with Crippen LogP contribution >= 0.6 is 0 Å². The number of carbonyl (C=O) groups is 1. The normalized spacial score (nSPS) is 10.2. The lowest BCUT2D eigenvalue weighted by Gasteiger charge is -2.05. The Morgan fingerprint density at radius 2 is 2.00 bits per heavy atom. The van der Waals surface area contributed by atoms with Gasteiger partial charge in [0.2, 0.25) is 0 Å². The van der Waals surface area contributed by atoms with E-state index in [2.05, 4.69) is 10.4 Å². The summed E-state index contributed by atoms with van der Waals surface area (Å²) in [5, 5.41) is 6.95. The monoisotopic (exact) mass is 259 g/mol. The van der Waals surface area contributed by atoms with E-state index in [0.29, 0.717) is 18.0 Å². The number of anilines is 1. The van der Waals surface area contributed by atoms with Gasteiger partial charge in [0.25, 0.3) is 5.91 Å². The van der Waals surface area contributed by atoms with Crippen molar-refractivity contribution in [3.8, 4) is 5.75 Å². The molecule has 0 fully saturated rings. The van der Waals surface area contributed by atoms with Gasteiger partial charge in [-0.1, -0.05) is 0 Å². The number of nitrogens with zero attached hydrogens (tertiary/aromatic N) is 2. The van der Waals surface area contributed by atoms with Crippen LogP contribution in [0.1, 0.15) is 24.2 Å². The first-order valence-corrected chi connectivity index (χ1v) is 6.30. The Hall–Kier alpha value is -2.30. The van der Waals surface area contributed by atoms with E-state index < -0.39 is 0 Å². The molecule has 1 heterocycles. The van der Waals surface area contributed by atoms with Gasteiger partial charge in [0.15, 0.2) is 5.82 Å². The second-order valence-corrected chi connectivity index (χ2v) is 3.97. The zero-order valence-corrected chi connectivity index (χ0v) is 11.1. The molecule has 19 heavy (non-hydrogen) atoms. The summed E-state index contributed by atoms with van der Waals surface area (Å²) in [5.74, 6) is 1.14. The minimum Gasteiger partial charge on any atom is -0.494 e. The summed E-state index contributed by atoms with van der Waals surface area (Å²) in [4.78, 5) is 12.0. The van der Waals surface area contributed by atoms with E-state index >= 15 is 0 Å². The average molecular weight is 259 g/mol. The largest absolute Gasteiger partial charge is 0.494 e. The standard InChI is InChI=1S/C14H17N3O2/c1-3-17-10-9-13(16-17)15-14(18)11-5-7-12(8-6-11)19-4-2/h5-10H,3-4H2,1-2H3,(H,15,16,18). The molecule has 1 aromatic carbocycles. The fraction of sp³-hybridized carbons (Fsp3) is 0.286. The van der Waals surface area contributed by atoms with Gasteiger partial charge in [-0.2, -0.15) is 5.10 Å². The quantitative estimate of drug-likeness (QED) is 0.897. The third-order valence-corrected chi connectivity index (χ3v) is 2.63. The van der Waals surface area contributed by atoms with Crippen LogP contribution in [0.4, 0.5) is 5.82 Å². The molecular formula is C14H17N3O2. The Morgan fingerprint density at radius 3 is 2.58 bits per heavy atom. The molecule has 1 aromatic heterocycles. The molecule has 0 bridgehead atoms. The summed E-state index contributed by atoms with van der Waals surface area (Å²) in [5.41, 5.74) is 0.578. The Balaban J connectivity index is 2.02. The Labute approximate surface area is 112 Å². The molecule has 0 radical (unpaired) electrons. The number of benzene rings is 1. The minimum atomic E-state index is -0.176. The zero-order chi connectivity index (χ0) is 13.7. The second-order valence-electron chi connectivity index (χ2n) is 3.97. The summed E-state index contributed by atoms with van der Waals surface area (Å²) in [6, 6.07) is 8.80. The molecule has 0 spiro atoms. The second kappa shape index (κ2) is 6.04. The highest BCUT2D eigenvalue weighted by atomic mass is 16.5. The maximum Gasteiger partial charge on any atom is 0.256 e. The van der Waals surface area contributed by atoms with Crippen LogP contribution in [0.3, 0.4) is 0 Å². The smallest absolute Gasteiger partial charge is 0.256 e. The molecule has 0 aliphatic rings. The van der Waals surface area contributed by atoms with Gasteiger partial charge in [0, 0.05) is 24.4 Å². The van der Waals surface area contributed by atoms with Crippen molar-refractivity contribution in [2.24, 2.45) is 0 Å². The summed E-state index contributed by atoms with van der Waals surface area (Å²) < 4.78 is 7.09. The van der Waals surface area contributed by atoms with Gasteiger partial charge in [0.05, 0.1) is 6.61 Å². The number of aryl methyl sites for hydroxylation is 1. The lowest BCUT2D eigenvalue weighted by atomic mass is 10.2. The van der Waals surface area contributed by atoms with E-state index in [4.69, 9.17) is 4.74 Å². The van der Waals surface area contributed by atoms with Crippen molar-refractivity contribution in [3.05, 3.63) is 42.1 Å². The van der Waals surface area contributed by atoms with Gasteiger partial charge in [-0.25, -0.2) is 0 Å². The molecule has 0 atom stereocenters. The van der Waals surface area contributed by atoms with E-state index in [-0.39, 0.29) is 5.91 Å². The molecule has 5 heteroatoms. The number of amides is 1. The molecule has 1 N–H and O–H groups in total. The lowest BCUT2D eigenvalue weighted by Crippen LogP contribution is -2.12. The van der Waals surface area contributed by atoms with Crippen molar-refractivity contribution in [1.29, 1.82) is 0 Å². The molecule has 0 aliphatic heterocycles. The molecule has 2 aromatic rings. The van der Waals surface area contributed by atoms with Crippen molar-refractivity contribution in [1.82, 2.24) is 9.78 Å². The van der Waals surface area contributed by atoms with Crippen molar-refractivity contribution in [2.45, 2.75) is 20.4 Å². The maximum absolute atomic E-state index is 12.0. The van der Waals surface area contributed by atoms with Gasteiger partial charge in [-0.15, -0.1) is 0 Å². The number of hydrogen-bond donors (Lipinski definition) is 1. The Bertz CT molecular complexity index is 546. The third-order valence-electron chi connectivity index (χ3n) is 2.63. The highest BCUT2D eigenvalue weighted by molar-refractivity contribution is 6.03. The van der Waals surface area contributed by atoms with Crippen LogP contribution in [0.15, 0.2) is 36.5 Å². The molecule has 2 rings (SSSR count). The minimum absolute atomic E-state index is 0.176. The summed E-state index contributed by atoms with van der Waals surface area (Å²) in [6.07, 6.45) is 1.83. The van der Waals surface area contributed by atoms with Gasteiger partial charge in [0.1, 0.15) is 5.75 Å². The molecule has 0 saturated carbocycles. The van der Waals surface area contributed by atoms with E-state index in [1.807, 2.05) is 20.0 Å². The van der Waals surface area contributed by atoms with Crippen molar-refractivity contribution < 1.29 is 9.53 Å². The SMILES string of the molecule is CCOc1ccc(C(=O)Nc2ccn(CC)n2)cc1. The lowest BCUT2D eigenvalue weighted by molar-refractivity contribution is 0.102. The predicted molar refractivity (Wildman–Crippen MR) is 73.5 cm³/mol. The topological polar surface area (TPSA) is 56.1 Å². The average Bonchev–Trinajstić information content (AvgIpc) is 2.87. The van der Waals surface area contributed by atoms with Crippen LogP contribution in [0, 0.1) is 0 Å². The molecule has 0 aliphatic carbocycles. The van der Waals surface area contributed by atoms with Crippen LogP contribution in [-0.4, -0.2) is 22.3 Å². The van der Waals surface area contributed by atoms with Crippen LogP contribution in [0.5, 0.6) is 5.75 Å². The maximum atomic E-state index is 12.0. The summed E-state index contributed by atoms with van der Waals surface area (Å²) in [6.45, 7) is 5.30. The molecule has 5 nitrogen and oxygen atoms in total. The highest BCUT2D eigenvalue weighted by Gasteiger charge is 2.07. The molecule has 100 valence electrons. The third kappa shape index (κ3) is 3.34. The highest BCUT2D eigenvalue weighted by Crippen LogP contribution is 2.13. The van der Waals surface area contributed by atoms with Crippen LogP contribution in [-0.2, 0) is 6.54 Å². The molecule has 1 amide bonds. The van der Waals surface area contributed by atoms with E-state index in [9.17, 15) is 4.79 Å².